The van der Waals surface area contributed by atoms with Gasteiger partial charge >= 0.3 is 5.97 Å². The highest BCUT2D eigenvalue weighted by atomic mass is 32.1. The maximum absolute atomic E-state index is 10.6. The predicted molar refractivity (Wildman–Crippen MR) is 63.1 cm³/mol. The maximum atomic E-state index is 10.6. The highest BCUT2D eigenvalue weighted by Crippen LogP contribution is 2.24. The monoisotopic (exact) mass is 220 g/mol. The number of carbonyl (C=O) groups is 1. The summed E-state index contributed by atoms with van der Waals surface area (Å²) in [5.41, 5.74) is 3.65. The third-order valence-electron chi connectivity index (χ3n) is 2.65. The Morgan fingerprint density at radius 1 is 1.33 bits per heavy atom. The van der Waals surface area contributed by atoms with E-state index in [0.717, 1.165) is 18.4 Å². The molecule has 1 aliphatic rings. The number of carboxylic acids is 1. The summed E-state index contributed by atoms with van der Waals surface area (Å²) in [6.07, 6.45) is 5.04. The van der Waals surface area contributed by atoms with Gasteiger partial charge in [0.05, 0.1) is 4.91 Å². The van der Waals surface area contributed by atoms with E-state index in [1.807, 2.05) is 6.07 Å². The molecule has 0 spiro atoms. The Morgan fingerprint density at radius 2 is 2.07 bits per heavy atom. The van der Waals surface area contributed by atoms with Crippen LogP contribution in [0.15, 0.2) is 23.1 Å². The van der Waals surface area contributed by atoms with Gasteiger partial charge in [0.15, 0.2) is 0 Å². The van der Waals surface area contributed by atoms with Crippen LogP contribution in [0.1, 0.15) is 23.1 Å². The van der Waals surface area contributed by atoms with Gasteiger partial charge in [0, 0.05) is 0 Å². The highest BCUT2D eigenvalue weighted by molar-refractivity contribution is 7.85. The molecule has 1 aliphatic carbocycles. The normalized spacial score (nSPS) is 15.1. The van der Waals surface area contributed by atoms with Crippen LogP contribution < -0.4 is 0 Å². The van der Waals surface area contributed by atoms with Gasteiger partial charge < -0.3 is 5.11 Å². The molecule has 0 bridgehead atoms. The second-order valence-electron chi connectivity index (χ2n) is 3.72. The van der Waals surface area contributed by atoms with Crippen molar-refractivity contribution < 1.29 is 9.90 Å². The minimum absolute atomic E-state index is 0.0768. The van der Waals surface area contributed by atoms with E-state index < -0.39 is 5.97 Å². The molecule has 2 rings (SSSR count). The molecule has 0 atom stereocenters. The Bertz CT molecular complexity index is 435. The molecule has 15 heavy (non-hydrogen) atoms. The van der Waals surface area contributed by atoms with Crippen molar-refractivity contribution in [3.8, 4) is 0 Å². The van der Waals surface area contributed by atoms with Crippen molar-refractivity contribution in [1.82, 2.24) is 0 Å². The molecular formula is C12H12O2S. The topological polar surface area (TPSA) is 37.3 Å². The van der Waals surface area contributed by atoms with Gasteiger partial charge in [-0.15, -0.1) is 12.6 Å². The number of carboxylic acid groups (broad SMARTS) is 1. The molecule has 1 aromatic rings. The Labute approximate surface area is 94.0 Å². The van der Waals surface area contributed by atoms with E-state index in [0.29, 0.717) is 0 Å². The number of aryl methyl sites for hydroxylation is 2. The maximum Gasteiger partial charge on any atom is 0.341 e. The lowest BCUT2D eigenvalue weighted by Crippen LogP contribution is -1.93. The van der Waals surface area contributed by atoms with Gasteiger partial charge in [-0.2, -0.15) is 0 Å². The lowest BCUT2D eigenvalue weighted by molar-refractivity contribution is -0.131. The van der Waals surface area contributed by atoms with Gasteiger partial charge in [-0.1, -0.05) is 18.2 Å². The molecule has 0 saturated carbocycles. The van der Waals surface area contributed by atoms with E-state index in [-0.39, 0.29) is 4.91 Å². The zero-order valence-electron chi connectivity index (χ0n) is 8.23. The second kappa shape index (κ2) is 4.11. The fraction of sp³-hybridized carbons (Fsp3) is 0.250. The summed E-state index contributed by atoms with van der Waals surface area (Å²) in [7, 11) is 0. The van der Waals surface area contributed by atoms with Crippen molar-refractivity contribution in [2.75, 3.05) is 0 Å². The molecule has 0 aromatic heterocycles. The molecule has 0 saturated heterocycles. The van der Waals surface area contributed by atoms with Crippen LogP contribution in [0, 0.1) is 0 Å². The molecule has 0 unspecified atom stereocenters. The first-order valence-corrected chi connectivity index (χ1v) is 5.37. The number of benzene rings is 1. The molecule has 0 aliphatic heterocycles. The number of aliphatic carboxylic acids is 1. The van der Waals surface area contributed by atoms with Crippen molar-refractivity contribution in [3.05, 3.63) is 39.8 Å². The Kier molecular flexibility index (Phi) is 2.82. The smallest absolute Gasteiger partial charge is 0.341 e. The zero-order chi connectivity index (χ0) is 10.8. The fourth-order valence-electron chi connectivity index (χ4n) is 1.90. The lowest BCUT2D eigenvalue weighted by Gasteiger charge is -2.01. The fourth-order valence-corrected chi connectivity index (χ4v) is 2.05. The number of rotatable bonds is 2. The van der Waals surface area contributed by atoms with Crippen LogP contribution in [0.2, 0.25) is 0 Å². The Hall–Kier alpha value is -1.22. The van der Waals surface area contributed by atoms with E-state index >= 15 is 0 Å². The molecule has 0 heterocycles. The van der Waals surface area contributed by atoms with Gasteiger partial charge in [0.25, 0.3) is 0 Å². The van der Waals surface area contributed by atoms with E-state index in [9.17, 15) is 4.79 Å². The SMILES string of the molecule is O=C(O)C(S)=Cc1ccc2c(c1)CCC2. The molecular weight excluding hydrogens is 208 g/mol. The molecule has 78 valence electrons. The number of fused-ring (bicyclic) bond motifs is 1. The van der Waals surface area contributed by atoms with Crippen molar-refractivity contribution in [3.63, 3.8) is 0 Å². The third-order valence-corrected chi connectivity index (χ3v) is 2.97. The largest absolute Gasteiger partial charge is 0.477 e. The Morgan fingerprint density at radius 3 is 2.80 bits per heavy atom. The van der Waals surface area contributed by atoms with E-state index in [1.54, 1.807) is 6.08 Å². The summed E-state index contributed by atoms with van der Waals surface area (Å²) in [5, 5.41) is 8.69. The van der Waals surface area contributed by atoms with Crippen LogP contribution in [-0.2, 0) is 17.6 Å². The van der Waals surface area contributed by atoms with Crippen molar-refractivity contribution in [2.45, 2.75) is 19.3 Å². The van der Waals surface area contributed by atoms with Gasteiger partial charge in [0.1, 0.15) is 0 Å². The summed E-state index contributed by atoms with van der Waals surface area (Å²) in [6, 6.07) is 6.09. The first kappa shape index (κ1) is 10.3. The molecule has 1 N–H and O–H groups in total. The Balaban J connectivity index is 2.31. The van der Waals surface area contributed by atoms with Crippen LogP contribution in [0.25, 0.3) is 6.08 Å². The average molecular weight is 220 g/mol. The molecule has 2 nitrogen and oxygen atoms in total. The zero-order valence-corrected chi connectivity index (χ0v) is 9.13. The van der Waals surface area contributed by atoms with E-state index in [4.69, 9.17) is 5.11 Å². The summed E-state index contributed by atoms with van der Waals surface area (Å²) in [4.78, 5) is 10.7. The molecule has 0 amide bonds. The van der Waals surface area contributed by atoms with Crippen molar-refractivity contribution in [2.24, 2.45) is 0 Å². The lowest BCUT2D eigenvalue weighted by atomic mass is 10.1. The van der Waals surface area contributed by atoms with Crippen LogP contribution >= 0.6 is 12.6 Å². The average Bonchev–Trinajstić information content (AvgIpc) is 2.64. The summed E-state index contributed by atoms with van der Waals surface area (Å²) in [5.74, 6) is -0.987. The molecule has 0 radical (unpaired) electrons. The molecule has 3 heteroatoms. The minimum Gasteiger partial charge on any atom is -0.477 e. The molecule has 0 fully saturated rings. The summed E-state index contributed by atoms with van der Waals surface area (Å²) >= 11 is 3.90. The van der Waals surface area contributed by atoms with Gasteiger partial charge in [-0.3, -0.25) is 0 Å². The first-order valence-electron chi connectivity index (χ1n) is 4.92. The van der Waals surface area contributed by atoms with Crippen LogP contribution in [0.3, 0.4) is 0 Å². The van der Waals surface area contributed by atoms with Gasteiger partial charge in [-0.25, -0.2) is 4.79 Å². The van der Waals surface area contributed by atoms with Crippen LogP contribution in [-0.4, -0.2) is 11.1 Å². The standard InChI is InChI=1S/C12H12O2S/c13-12(14)11(15)7-8-4-5-9-2-1-3-10(9)6-8/h4-7,15H,1-3H2,(H,13,14). The van der Waals surface area contributed by atoms with Gasteiger partial charge in [0.2, 0.25) is 0 Å². The number of thiol groups is 1. The van der Waals surface area contributed by atoms with E-state index in [2.05, 4.69) is 24.8 Å². The van der Waals surface area contributed by atoms with Crippen molar-refractivity contribution in [1.29, 1.82) is 0 Å². The summed E-state index contributed by atoms with van der Waals surface area (Å²) in [6.45, 7) is 0. The van der Waals surface area contributed by atoms with Crippen LogP contribution in [0.4, 0.5) is 0 Å². The van der Waals surface area contributed by atoms with Crippen LogP contribution in [0.5, 0.6) is 0 Å². The minimum atomic E-state index is -0.987. The van der Waals surface area contributed by atoms with Crippen molar-refractivity contribution >= 4 is 24.7 Å². The quantitative estimate of drug-likeness (QED) is 0.593. The van der Waals surface area contributed by atoms with Gasteiger partial charge in [-0.05, 0) is 42.0 Å². The first-order chi connectivity index (χ1) is 7.16. The highest BCUT2D eigenvalue weighted by Gasteiger charge is 2.10. The number of hydrogen-bond donors (Lipinski definition) is 2. The molecule has 1 aromatic carbocycles. The van der Waals surface area contributed by atoms with E-state index in [1.165, 1.54) is 17.5 Å². The third kappa shape index (κ3) is 2.23. The number of hydrogen-bond acceptors (Lipinski definition) is 2. The summed E-state index contributed by atoms with van der Waals surface area (Å²) < 4.78 is 0. The predicted octanol–water partition coefficient (Wildman–Crippen LogP) is 2.53. The second-order valence-corrected chi connectivity index (χ2v) is 4.20.